The minimum absolute atomic E-state index is 0.358. The van der Waals surface area contributed by atoms with Gasteiger partial charge < -0.3 is 5.32 Å². The molecule has 5 atom stereocenters. The Labute approximate surface area is 121 Å². The van der Waals surface area contributed by atoms with Crippen molar-refractivity contribution >= 4 is 11.6 Å². The molecule has 1 nitrogen and oxygen atoms in total. The van der Waals surface area contributed by atoms with Crippen molar-refractivity contribution in [3.63, 3.8) is 0 Å². The summed E-state index contributed by atoms with van der Waals surface area (Å²) < 4.78 is 0. The first-order valence-corrected chi connectivity index (χ1v) is 7.71. The van der Waals surface area contributed by atoms with E-state index in [1.54, 1.807) is 0 Å². The smallest absolute Gasteiger partial charge is 0.0409 e. The Balaban J connectivity index is 1.63. The van der Waals surface area contributed by atoms with Crippen molar-refractivity contribution < 1.29 is 0 Å². The van der Waals surface area contributed by atoms with Crippen LogP contribution in [0.25, 0.3) is 0 Å². The van der Waals surface area contributed by atoms with Crippen molar-refractivity contribution in [2.24, 2.45) is 17.8 Å². The van der Waals surface area contributed by atoms with Crippen LogP contribution in [0.3, 0.4) is 0 Å². The molecule has 1 aromatic rings. The second-order valence-electron chi connectivity index (χ2n) is 6.18. The average Bonchev–Trinajstić information content (AvgIpc) is 3.00. The van der Waals surface area contributed by atoms with Crippen LogP contribution in [0, 0.1) is 17.8 Å². The molecule has 0 aromatic heterocycles. The summed E-state index contributed by atoms with van der Waals surface area (Å²) in [4.78, 5) is 0. The third-order valence-corrected chi connectivity index (χ3v) is 5.07. The summed E-state index contributed by atoms with van der Waals surface area (Å²) in [7, 11) is 0. The van der Waals surface area contributed by atoms with Crippen LogP contribution in [-0.4, -0.2) is 6.04 Å². The maximum Gasteiger partial charge on any atom is 0.0409 e. The number of allylic oxidation sites excluding steroid dienone is 2. The zero-order valence-corrected chi connectivity index (χ0v) is 12.4. The highest BCUT2D eigenvalue weighted by Crippen LogP contribution is 2.45. The van der Waals surface area contributed by atoms with Crippen LogP contribution in [0.1, 0.15) is 38.3 Å². The number of hydrogen-bond acceptors (Lipinski definition) is 1. The van der Waals surface area contributed by atoms with Crippen LogP contribution >= 0.6 is 11.6 Å². The van der Waals surface area contributed by atoms with Crippen LogP contribution in [0.2, 0.25) is 5.02 Å². The van der Waals surface area contributed by atoms with E-state index >= 15 is 0 Å². The van der Waals surface area contributed by atoms with E-state index < -0.39 is 0 Å². The first-order valence-electron chi connectivity index (χ1n) is 7.33. The summed E-state index contributed by atoms with van der Waals surface area (Å²) in [6, 6.07) is 9.09. The lowest BCUT2D eigenvalue weighted by atomic mass is 9.87. The fraction of sp³-hybridized carbons (Fsp3) is 0.529. The van der Waals surface area contributed by atoms with Crippen LogP contribution in [0.15, 0.2) is 36.4 Å². The molecule has 0 saturated heterocycles. The minimum Gasteiger partial charge on any atom is -0.307 e. The number of fused-ring (bicyclic) bond motifs is 2. The molecular weight excluding hydrogens is 254 g/mol. The van der Waals surface area contributed by atoms with Gasteiger partial charge in [-0.1, -0.05) is 35.9 Å². The van der Waals surface area contributed by atoms with Crippen LogP contribution < -0.4 is 5.32 Å². The van der Waals surface area contributed by atoms with Crippen molar-refractivity contribution in [3.05, 3.63) is 47.0 Å². The van der Waals surface area contributed by atoms with Gasteiger partial charge in [0.1, 0.15) is 0 Å². The highest BCUT2D eigenvalue weighted by molar-refractivity contribution is 6.30. The van der Waals surface area contributed by atoms with E-state index in [1.807, 2.05) is 12.1 Å². The fourth-order valence-electron chi connectivity index (χ4n) is 3.79. The molecule has 0 radical (unpaired) electrons. The van der Waals surface area contributed by atoms with Gasteiger partial charge in [0.05, 0.1) is 0 Å². The normalized spacial score (nSPS) is 31.6. The molecule has 1 N–H and O–H groups in total. The molecule has 5 unspecified atom stereocenters. The maximum absolute atomic E-state index is 6.07. The van der Waals surface area contributed by atoms with Gasteiger partial charge in [-0.05, 0) is 62.1 Å². The third-order valence-electron chi connectivity index (χ3n) is 4.83. The largest absolute Gasteiger partial charge is 0.307 e. The van der Waals surface area contributed by atoms with Crippen LogP contribution in [0.4, 0.5) is 0 Å². The Morgan fingerprint density at radius 2 is 2.05 bits per heavy atom. The molecule has 2 bridgehead atoms. The fourth-order valence-corrected chi connectivity index (χ4v) is 3.99. The van der Waals surface area contributed by atoms with E-state index in [9.17, 15) is 0 Å². The molecule has 2 aliphatic rings. The van der Waals surface area contributed by atoms with Gasteiger partial charge in [0.2, 0.25) is 0 Å². The summed E-state index contributed by atoms with van der Waals surface area (Å²) in [6.07, 6.45) is 7.58. The van der Waals surface area contributed by atoms with Gasteiger partial charge in [-0.2, -0.15) is 0 Å². The van der Waals surface area contributed by atoms with Crippen LogP contribution in [-0.2, 0) is 0 Å². The van der Waals surface area contributed by atoms with Crippen LogP contribution in [0.5, 0.6) is 0 Å². The van der Waals surface area contributed by atoms with Gasteiger partial charge >= 0.3 is 0 Å². The standard InChI is InChI=1S/C17H22ClN/c1-11(14-4-3-5-16(18)10-14)19-12(2)17-9-13-6-7-15(17)8-13/h3-7,10-13,15,17,19H,8-9H2,1-2H3. The second kappa shape index (κ2) is 5.30. The summed E-state index contributed by atoms with van der Waals surface area (Å²) >= 11 is 6.07. The highest BCUT2D eigenvalue weighted by atomic mass is 35.5. The lowest BCUT2D eigenvalue weighted by Crippen LogP contribution is -2.37. The zero-order chi connectivity index (χ0) is 13.4. The molecule has 0 amide bonds. The van der Waals surface area contributed by atoms with E-state index in [4.69, 9.17) is 11.6 Å². The van der Waals surface area contributed by atoms with E-state index in [2.05, 4.69) is 43.4 Å². The quantitative estimate of drug-likeness (QED) is 0.793. The van der Waals surface area contributed by atoms with E-state index in [0.717, 1.165) is 22.8 Å². The predicted molar refractivity (Wildman–Crippen MR) is 81.3 cm³/mol. The number of rotatable bonds is 4. The molecular formula is C17H22ClN. The molecule has 2 heteroatoms. The predicted octanol–water partition coefficient (Wildman–Crippen LogP) is 4.59. The monoisotopic (exact) mass is 275 g/mol. The molecule has 102 valence electrons. The number of hydrogen-bond donors (Lipinski definition) is 1. The Bertz CT molecular complexity index is 482. The van der Waals surface area contributed by atoms with Gasteiger partial charge in [-0.3, -0.25) is 0 Å². The lowest BCUT2D eigenvalue weighted by molar-refractivity contribution is 0.307. The molecule has 1 saturated carbocycles. The molecule has 3 rings (SSSR count). The molecule has 0 aliphatic heterocycles. The minimum atomic E-state index is 0.358. The number of halogens is 1. The van der Waals surface area contributed by atoms with Crippen molar-refractivity contribution in [1.29, 1.82) is 0 Å². The lowest BCUT2D eigenvalue weighted by Gasteiger charge is -2.29. The molecule has 0 heterocycles. The first-order chi connectivity index (χ1) is 9.13. The van der Waals surface area contributed by atoms with E-state index in [0.29, 0.717) is 12.1 Å². The SMILES string of the molecule is CC(NC(C)C1CC2C=CC1C2)c1cccc(Cl)c1. The second-order valence-corrected chi connectivity index (χ2v) is 6.61. The number of benzene rings is 1. The molecule has 19 heavy (non-hydrogen) atoms. The summed E-state index contributed by atoms with van der Waals surface area (Å²) in [5, 5.41) is 4.58. The molecule has 1 aromatic carbocycles. The van der Waals surface area contributed by atoms with Gasteiger partial charge in [0.25, 0.3) is 0 Å². The third kappa shape index (κ3) is 2.73. The Morgan fingerprint density at radius 1 is 1.21 bits per heavy atom. The topological polar surface area (TPSA) is 12.0 Å². The van der Waals surface area contributed by atoms with Gasteiger partial charge in [-0.15, -0.1) is 0 Å². The Kier molecular flexibility index (Phi) is 3.68. The molecule has 2 aliphatic carbocycles. The van der Waals surface area contributed by atoms with Gasteiger partial charge in [0.15, 0.2) is 0 Å². The maximum atomic E-state index is 6.07. The van der Waals surface area contributed by atoms with Gasteiger partial charge in [-0.25, -0.2) is 0 Å². The van der Waals surface area contributed by atoms with Gasteiger partial charge in [0, 0.05) is 17.1 Å². The van der Waals surface area contributed by atoms with Crippen molar-refractivity contribution in [2.75, 3.05) is 0 Å². The van der Waals surface area contributed by atoms with Crippen molar-refractivity contribution in [2.45, 2.75) is 38.8 Å². The Morgan fingerprint density at radius 3 is 2.68 bits per heavy atom. The molecule has 1 fully saturated rings. The first kappa shape index (κ1) is 13.2. The summed E-state index contributed by atoms with van der Waals surface area (Å²) in [5.41, 5.74) is 1.28. The average molecular weight is 276 g/mol. The van der Waals surface area contributed by atoms with E-state index in [1.165, 1.54) is 18.4 Å². The molecule has 0 spiro atoms. The van der Waals surface area contributed by atoms with E-state index in [-0.39, 0.29) is 0 Å². The zero-order valence-electron chi connectivity index (χ0n) is 11.6. The summed E-state index contributed by atoms with van der Waals surface area (Å²) in [6.45, 7) is 4.56. The number of nitrogens with one attached hydrogen (secondary N) is 1. The summed E-state index contributed by atoms with van der Waals surface area (Å²) in [5.74, 6) is 2.46. The van der Waals surface area contributed by atoms with Crippen molar-refractivity contribution in [3.8, 4) is 0 Å². The Hall–Kier alpha value is -0.790. The highest BCUT2D eigenvalue weighted by Gasteiger charge is 2.38. The van der Waals surface area contributed by atoms with Crippen molar-refractivity contribution in [1.82, 2.24) is 5.32 Å².